The van der Waals surface area contributed by atoms with Crippen LogP contribution in [0.2, 0.25) is 5.02 Å². The van der Waals surface area contributed by atoms with E-state index in [0.717, 1.165) is 37.1 Å². The van der Waals surface area contributed by atoms with Crippen LogP contribution in [0.5, 0.6) is 0 Å². The highest BCUT2D eigenvalue weighted by Gasteiger charge is 2.22. The van der Waals surface area contributed by atoms with Crippen LogP contribution >= 0.6 is 11.6 Å². The number of nitrogens with zero attached hydrogens (tertiary/aromatic N) is 3. The van der Waals surface area contributed by atoms with Crippen molar-refractivity contribution in [2.45, 2.75) is 26.3 Å². The Morgan fingerprint density at radius 2 is 2.04 bits per heavy atom. The van der Waals surface area contributed by atoms with Gasteiger partial charge in [0, 0.05) is 29.4 Å². The van der Waals surface area contributed by atoms with Crippen LogP contribution in [0.15, 0.2) is 47.0 Å². The molecule has 144 valence electrons. The van der Waals surface area contributed by atoms with Gasteiger partial charge >= 0.3 is 0 Å². The van der Waals surface area contributed by atoms with Crippen LogP contribution < -0.4 is 5.32 Å². The number of aromatic nitrogens is 2. The van der Waals surface area contributed by atoms with E-state index in [4.69, 9.17) is 16.1 Å². The van der Waals surface area contributed by atoms with E-state index in [1.54, 1.807) is 18.2 Å². The molecule has 0 bridgehead atoms. The van der Waals surface area contributed by atoms with E-state index >= 15 is 0 Å². The molecule has 1 aliphatic rings. The second kappa shape index (κ2) is 8.02. The number of anilines is 1. The van der Waals surface area contributed by atoms with Crippen molar-refractivity contribution in [3.63, 3.8) is 0 Å². The van der Waals surface area contributed by atoms with Gasteiger partial charge in [-0.15, -0.1) is 0 Å². The Hall–Kier alpha value is -2.86. The fourth-order valence-electron chi connectivity index (χ4n) is 3.34. The van der Waals surface area contributed by atoms with E-state index in [1.165, 1.54) is 0 Å². The molecule has 1 N–H and O–H groups in total. The molecule has 1 amide bonds. The van der Waals surface area contributed by atoms with Gasteiger partial charge in [-0.2, -0.15) is 4.98 Å². The largest absolute Gasteiger partial charge is 0.375 e. The first kappa shape index (κ1) is 18.5. The number of nitrogens with one attached hydrogen (secondary N) is 1. The molecule has 1 saturated heterocycles. The first-order valence-electron chi connectivity index (χ1n) is 9.32. The minimum atomic E-state index is 0.0163. The second-order valence-electron chi connectivity index (χ2n) is 6.92. The summed E-state index contributed by atoms with van der Waals surface area (Å²) in [5, 5.41) is 7.83. The Labute approximate surface area is 168 Å². The molecule has 28 heavy (non-hydrogen) atoms. The SMILES string of the molecule is Cc1cccc(-c2noc(CNc3cc(Cl)ccc3C(=O)N3CCCC3)n2)c1. The van der Waals surface area contributed by atoms with Gasteiger partial charge in [-0.1, -0.05) is 40.5 Å². The van der Waals surface area contributed by atoms with E-state index in [2.05, 4.69) is 15.5 Å². The van der Waals surface area contributed by atoms with Crippen molar-refractivity contribution in [2.24, 2.45) is 0 Å². The number of carbonyl (C=O) groups is 1. The highest BCUT2D eigenvalue weighted by Crippen LogP contribution is 2.25. The van der Waals surface area contributed by atoms with Crippen molar-refractivity contribution >= 4 is 23.2 Å². The molecule has 3 aromatic rings. The summed E-state index contributed by atoms with van der Waals surface area (Å²) in [5.41, 5.74) is 3.30. The highest BCUT2D eigenvalue weighted by atomic mass is 35.5. The lowest BCUT2D eigenvalue weighted by atomic mass is 10.1. The molecule has 1 fully saturated rings. The number of amides is 1. The Morgan fingerprint density at radius 1 is 1.21 bits per heavy atom. The lowest BCUT2D eigenvalue weighted by molar-refractivity contribution is 0.0793. The van der Waals surface area contributed by atoms with Crippen LogP contribution in [0, 0.1) is 6.92 Å². The molecule has 2 heterocycles. The molecule has 0 unspecified atom stereocenters. The number of hydrogen-bond donors (Lipinski definition) is 1. The molecule has 1 aliphatic heterocycles. The number of hydrogen-bond acceptors (Lipinski definition) is 5. The number of rotatable bonds is 5. The maximum absolute atomic E-state index is 12.8. The minimum Gasteiger partial charge on any atom is -0.375 e. The van der Waals surface area contributed by atoms with Crippen LogP contribution in [-0.4, -0.2) is 34.0 Å². The summed E-state index contributed by atoms with van der Waals surface area (Å²) >= 11 is 6.15. The molecule has 4 rings (SSSR count). The van der Waals surface area contributed by atoms with Crippen molar-refractivity contribution in [1.82, 2.24) is 15.0 Å². The van der Waals surface area contributed by atoms with Crippen molar-refractivity contribution in [3.05, 3.63) is 64.5 Å². The number of likely N-dealkylation sites (tertiary alicyclic amines) is 1. The quantitative estimate of drug-likeness (QED) is 0.685. The summed E-state index contributed by atoms with van der Waals surface area (Å²) in [5.74, 6) is 0.999. The Bertz CT molecular complexity index is 996. The third-order valence-corrected chi connectivity index (χ3v) is 5.01. The fraction of sp³-hybridized carbons (Fsp3) is 0.286. The van der Waals surface area contributed by atoms with E-state index in [9.17, 15) is 4.79 Å². The second-order valence-corrected chi connectivity index (χ2v) is 7.36. The molecular formula is C21H21ClN4O2. The lowest BCUT2D eigenvalue weighted by Crippen LogP contribution is -2.28. The third kappa shape index (κ3) is 4.02. The average Bonchev–Trinajstić information content (AvgIpc) is 3.38. The summed E-state index contributed by atoms with van der Waals surface area (Å²) in [4.78, 5) is 19.1. The molecule has 1 aromatic heterocycles. The smallest absolute Gasteiger partial charge is 0.255 e. The standard InChI is InChI=1S/C21H21ClN4O2/c1-14-5-4-6-15(11-14)20-24-19(28-25-20)13-23-18-12-16(22)7-8-17(18)21(27)26-9-2-3-10-26/h4-8,11-12,23H,2-3,9-10,13H2,1H3. The van der Waals surface area contributed by atoms with E-state index in [1.807, 2.05) is 36.1 Å². The van der Waals surface area contributed by atoms with Crippen molar-refractivity contribution in [1.29, 1.82) is 0 Å². The molecule has 2 aromatic carbocycles. The first-order valence-corrected chi connectivity index (χ1v) is 9.70. The summed E-state index contributed by atoms with van der Waals surface area (Å²) < 4.78 is 5.36. The van der Waals surface area contributed by atoms with Gasteiger partial charge in [0.1, 0.15) is 0 Å². The fourth-order valence-corrected chi connectivity index (χ4v) is 3.51. The summed E-state index contributed by atoms with van der Waals surface area (Å²) in [6.07, 6.45) is 2.09. The van der Waals surface area contributed by atoms with Gasteiger partial charge in [0.15, 0.2) is 0 Å². The normalized spacial score (nSPS) is 13.7. The third-order valence-electron chi connectivity index (χ3n) is 4.78. The zero-order chi connectivity index (χ0) is 19.5. The van der Waals surface area contributed by atoms with Crippen LogP contribution in [0.25, 0.3) is 11.4 Å². The molecule has 0 spiro atoms. The maximum Gasteiger partial charge on any atom is 0.255 e. The number of carbonyl (C=O) groups excluding carboxylic acids is 1. The van der Waals surface area contributed by atoms with Crippen LogP contribution in [-0.2, 0) is 6.54 Å². The van der Waals surface area contributed by atoms with Crippen LogP contribution in [0.3, 0.4) is 0 Å². The lowest BCUT2D eigenvalue weighted by Gasteiger charge is -2.18. The van der Waals surface area contributed by atoms with Gasteiger partial charge < -0.3 is 14.7 Å². The van der Waals surface area contributed by atoms with E-state index in [-0.39, 0.29) is 5.91 Å². The Morgan fingerprint density at radius 3 is 2.82 bits per heavy atom. The molecule has 0 atom stereocenters. The molecule has 0 aliphatic carbocycles. The Kier molecular flexibility index (Phi) is 5.30. The topological polar surface area (TPSA) is 71.3 Å². The van der Waals surface area contributed by atoms with Gasteiger partial charge in [0.05, 0.1) is 12.1 Å². The van der Waals surface area contributed by atoms with Gasteiger partial charge in [-0.3, -0.25) is 4.79 Å². The first-order chi connectivity index (χ1) is 13.6. The minimum absolute atomic E-state index is 0.0163. The molecular weight excluding hydrogens is 376 g/mol. The summed E-state index contributed by atoms with van der Waals surface area (Å²) in [6, 6.07) is 13.2. The zero-order valence-corrected chi connectivity index (χ0v) is 16.4. The monoisotopic (exact) mass is 396 g/mol. The van der Waals surface area contributed by atoms with Gasteiger partial charge in [0.2, 0.25) is 11.7 Å². The van der Waals surface area contributed by atoms with Crippen molar-refractivity contribution in [2.75, 3.05) is 18.4 Å². The maximum atomic E-state index is 12.8. The summed E-state index contributed by atoms with van der Waals surface area (Å²) in [7, 11) is 0. The molecule has 7 heteroatoms. The predicted octanol–water partition coefficient (Wildman–Crippen LogP) is 4.55. The van der Waals surface area contributed by atoms with Crippen LogP contribution in [0.1, 0.15) is 34.7 Å². The van der Waals surface area contributed by atoms with E-state index in [0.29, 0.717) is 34.5 Å². The van der Waals surface area contributed by atoms with Gasteiger partial charge in [0.25, 0.3) is 5.91 Å². The highest BCUT2D eigenvalue weighted by molar-refractivity contribution is 6.31. The van der Waals surface area contributed by atoms with Gasteiger partial charge in [-0.05, 0) is 44.0 Å². The Balaban J connectivity index is 1.50. The van der Waals surface area contributed by atoms with E-state index < -0.39 is 0 Å². The zero-order valence-electron chi connectivity index (χ0n) is 15.6. The average molecular weight is 397 g/mol. The molecule has 0 radical (unpaired) electrons. The van der Waals surface area contributed by atoms with Crippen LogP contribution in [0.4, 0.5) is 5.69 Å². The number of benzene rings is 2. The van der Waals surface area contributed by atoms with Crippen molar-refractivity contribution < 1.29 is 9.32 Å². The van der Waals surface area contributed by atoms with Gasteiger partial charge in [-0.25, -0.2) is 0 Å². The molecule has 6 nitrogen and oxygen atoms in total. The number of aryl methyl sites for hydroxylation is 1. The number of halogens is 1. The predicted molar refractivity (Wildman–Crippen MR) is 108 cm³/mol. The van der Waals surface area contributed by atoms with Crippen molar-refractivity contribution in [3.8, 4) is 11.4 Å². The summed E-state index contributed by atoms with van der Waals surface area (Å²) in [6.45, 7) is 3.92. The molecule has 0 saturated carbocycles.